The molecule has 0 fully saturated rings. The van der Waals surface area contributed by atoms with E-state index in [2.05, 4.69) is 16.4 Å². The highest BCUT2D eigenvalue weighted by Crippen LogP contribution is 2.22. The van der Waals surface area contributed by atoms with Gasteiger partial charge in [0.25, 0.3) is 5.91 Å². The molecule has 0 radical (unpaired) electrons. The Hall–Kier alpha value is -2.40. The van der Waals surface area contributed by atoms with Gasteiger partial charge >= 0.3 is 0 Å². The van der Waals surface area contributed by atoms with Crippen LogP contribution >= 0.6 is 11.3 Å². The van der Waals surface area contributed by atoms with Gasteiger partial charge in [-0.25, -0.2) is 4.98 Å². The molecule has 2 aromatic carbocycles. The largest absolute Gasteiger partial charge is 0.497 e. The Morgan fingerprint density at radius 3 is 2.91 bits per heavy atom. The first kappa shape index (κ1) is 15.5. The lowest BCUT2D eigenvalue weighted by Gasteiger charge is -2.06. The molecule has 0 saturated heterocycles. The van der Waals surface area contributed by atoms with Crippen LogP contribution in [0.15, 0.2) is 48.5 Å². The first-order chi connectivity index (χ1) is 11.3. The molecule has 1 amide bonds. The summed E-state index contributed by atoms with van der Waals surface area (Å²) in [6.07, 6.45) is 1.74. The summed E-state index contributed by atoms with van der Waals surface area (Å²) >= 11 is 1.72. The number of carbonyl (C=O) groups excluding carboxylic acids is 1. The van der Waals surface area contributed by atoms with Crippen molar-refractivity contribution in [2.45, 2.75) is 12.8 Å². The summed E-state index contributed by atoms with van der Waals surface area (Å²) in [5.41, 5.74) is 1.66. The Kier molecular flexibility index (Phi) is 4.88. The van der Waals surface area contributed by atoms with E-state index < -0.39 is 0 Å². The van der Waals surface area contributed by atoms with Crippen molar-refractivity contribution in [2.24, 2.45) is 0 Å². The number of ether oxygens (including phenoxy) is 1. The van der Waals surface area contributed by atoms with Crippen LogP contribution in [0.4, 0.5) is 0 Å². The van der Waals surface area contributed by atoms with E-state index >= 15 is 0 Å². The molecule has 0 aliphatic rings. The number of aryl methyl sites for hydroxylation is 1. The minimum Gasteiger partial charge on any atom is -0.497 e. The third-order valence-corrected chi connectivity index (χ3v) is 4.62. The zero-order valence-electron chi connectivity index (χ0n) is 12.9. The van der Waals surface area contributed by atoms with E-state index in [1.165, 1.54) is 4.70 Å². The molecule has 0 atom stereocenters. The summed E-state index contributed by atoms with van der Waals surface area (Å²) < 4.78 is 6.34. The van der Waals surface area contributed by atoms with E-state index in [4.69, 9.17) is 4.74 Å². The fraction of sp³-hybridized carbons (Fsp3) is 0.222. The quantitative estimate of drug-likeness (QED) is 0.703. The Morgan fingerprint density at radius 2 is 2.09 bits per heavy atom. The van der Waals surface area contributed by atoms with Gasteiger partial charge in [0, 0.05) is 18.5 Å². The number of hydrogen-bond acceptors (Lipinski definition) is 4. The summed E-state index contributed by atoms with van der Waals surface area (Å²) in [6, 6.07) is 15.3. The molecule has 1 heterocycles. The lowest BCUT2D eigenvalue weighted by Crippen LogP contribution is -2.24. The SMILES string of the molecule is COc1cccc(C(=O)NCCCc2nc3ccccc3s2)c1. The van der Waals surface area contributed by atoms with Crippen molar-refractivity contribution < 1.29 is 9.53 Å². The van der Waals surface area contributed by atoms with Gasteiger partial charge in [0.05, 0.1) is 22.3 Å². The molecule has 0 bridgehead atoms. The van der Waals surface area contributed by atoms with Crippen LogP contribution in [0.3, 0.4) is 0 Å². The summed E-state index contributed by atoms with van der Waals surface area (Å²) in [4.78, 5) is 16.7. The molecule has 0 spiro atoms. The zero-order chi connectivity index (χ0) is 16.1. The molecular weight excluding hydrogens is 308 g/mol. The van der Waals surface area contributed by atoms with Gasteiger partial charge in [-0.3, -0.25) is 4.79 Å². The fourth-order valence-corrected chi connectivity index (χ4v) is 3.34. The van der Waals surface area contributed by atoms with Gasteiger partial charge in [-0.2, -0.15) is 0 Å². The molecule has 1 aromatic heterocycles. The first-order valence-corrected chi connectivity index (χ1v) is 8.34. The number of aromatic nitrogens is 1. The van der Waals surface area contributed by atoms with E-state index in [1.54, 1.807) is 30.6 Å². The summed E-state index contributed by atoms with van der Waals surface area (Å²) in [5, 5.41) is 4.05. The number of para-hydroxylation sites is 1. The van der Waals surface area contributed by atoms with Gasteiger partial charge in [0.1, 0.15) is 5.75 Å². The predicted octanol–water partition coefficient (Wildman–Crippen LogP) is 3.67. The monoisotopic (exact) mass is 326 g/mol. The minimum absolute atomic E-state index is 0.0757. The minimum atomic E-state index is -0.0757. The third kappa shape index (κ3) is 3.87. The number of hydrogen-bond donors (Lipinski definition) is 1. The molecule has 0 aliphatic carbocycles. The van der Waals surface area contributed by atoms with E-state index in [9.17, 15) is 4.79 Å². The molecule has 0 unspecified atom stereocenters. The van der Waals surface area contributed by atoms with Crippen molar-refractivity contribution in [3.05, 3.63) is 59.1 Å². The predicted molar refractivity (Wildman–Crippen MR) is 93.3 cm³/mol. The molecule has 118 valence electrons. The molecule has 5 heteroatoms. The Morgan fingerprint density at radius 1 is 1.22 bits per heavy atom. The summed E-state index contributed by atoms with van der Waals surface area (Å²) in [5.74, 6) is 0.611. The maximum Gasteiger partial charge on any atom is 0.251 e. The van der Waals surface area contributed by atoms with Crippen molar-refractivity contribution in [2.75, 3.05) is 13.7 Å². The lowest BCUT2D eigenvalue weighted by molar-refractivity contribution is 0.0953. The van der Waals surface area contributed by atoms with Crippen molar-refractivity contribution in [1.82, 2.24) is 10.3 Å². The average molecular weight is 326 g/mol. The van der Waals surface area contributed by atoms with Crippen LogP contribution in [0.2, 0.25) is 0 Å². The van der Waals surface area contributed by atoms with Gasteiger partial charge in [0.15, 0.2) is 0 Å². The smallest absolute Gasteiger partial charge is 0.251 e. The fourth-order valence-electron chi connectivity index (χ4n) is 2.33. The van der Waals surface area contributed by atoms with Crippen molar-refractivity contribution in [3.63, 3.8) is 0 Å². The standard InChI is InChI=1S/C18H18N2O2S/c1-22-14-7-4-6-13(12-14)18(21)19-11-5-10-17-20-15-8-2-3-9-16(15)23-17/h2-4,6-9,12H,5,10-11H2,1H3,(H,19,21). The van der Waals surface area contributed by atoms with Crippen molar-refractivity contribution in [1.29, 1.82) is 0 Å². The average Bonchev–Trinajstić information content (AvgIpc) is 3.01. The van der Waals surface area contributed by atoms with Crippen LogP contribution in [-0.4, -0.2) is 24.5 Å². The number of thiazole rings is 1. The molecule has 3 rings (SSSR count). The van der Waals surface area contributed by atoms with Gasteiger partial charge in [-0.05, 0) is 36.8 Å². The van der Waals surface area contributed by atoms with Gasteiger partial charge in [0.2, 0.25) is 0 Å². The first-order valence-electron chi connectivity index (χ1n) is 7.53. The van der Waals surface area contributed by atoms with Crippen LogP contribution in [0.5, 0.6) is 5.75 Å². The number of benzene rings is 2. The molecule has 4 nitrogen and oxygen atoms in total. The van der Waals surface area contributed by atoms with Gasteiger partial charge in [-0.15, -0.1) is 11.3 Å². The van der Waals surface area contributed by atoms with Gasteiger partial charge < -0.3 is 10.1 Å². The van der Waals surface area contributed by atoms with Crippen LogP contribution < -0.4 is 10.1 Å². The highest BCUT2D eigenvalue weighted by molar-refractivity contribution is 7.18. The third-order valence-electron chi connectivity index (χ3n) is 3.52. The maximum absolute atomic E-state index is 12.1. The van der Waals surface area contributed by atoms with E-state index in [0.717, 1.165) is 23.4 Å². The number of methoxy groups -OCH3 is 1. The van der Waals surface area contributed by atoms with Crippen LogP contribution in [0.1, 0.15) is 21.8 Å². The number of nitrogens with zero attached hydrogens (tertiary/aromatic N) is 1. The number of fused-ring (bicyclic) bond motifs is 1. The van der Waals surface area contributed by atoms with Crippen molar-refractivity contribution >= 4 is 27.5 Å². The van der Waals surface area contributed by atoms with Crippen LogP contribution in [-0.2, 0) is 6.42 Å². The number of carbonyl (C=O) groups is 1. The molecule has 0 saturated carbocycles. The Bertz CT molecular complexity index is 780. The second-order valence-electron chi connectivity index (χ2n) is 5.17. The number of rotatable bonds is 6. The normalized spacial score (nSPS) is 10.7. The highest BCUT2D eigenvalue weighted by atomic mass is 32.1. The van der Waals surface area contributed by atoms with E-state index in [0.29, 0.717) is 17.9 Å². The summed E-state index contributed by atoms with van der Waals surface area (Å²) in [6.45, 7) is 0.631. The molecule has 3 aromatic rings. The number of amides is 1. The Labute approximate surface area is 139 Å². The Balaban J connectivity index is 1.50. The second-order valence-corrected chi connectivity index (χ2v) is 6.28. The van der Waals surface area contributed by atoms with E-state index in [-0.39, 0.29) is 5.91 Å². The molecule has 0 aliphatic heterocycles. The van der Waals surface area contributed by atoms with Crippen molar-refractivity contribution in [3.8, 4) is 5.75 Å². The summed E-state index contributed by atoms with van der Waals surface area (Å²) in [7, 11) is 1.59. The zero-order valence-corrected chi connectivity index (χ0v) is 13.7. The van der Waals surface area contributed by atoms with Crippen LogP contribution in [0.25, 0.3) is 10.2 Å². The molecule has 23 heavy (non-hydrogen) atoms. The van der Waals surface area contributed by atoms with Crippen LogP contribution in [0, 0.1) is 0 Å². The lowest BCUT2D eigenvalue weighted by atomic mass is 10.2. The number of nitrogens with one attached hydrogen (secondary N) is 1. The second kappa shape index (κ2) is 7.24. The molecular formula is C18H18N2O2S. The highest BCUT2D eigenvalue weighted by Gasteiger charge is 2.07. The topological polar surface area (TPSA) is 51.2 Å². The van der Waals surface area contributed by atoms with E-state index in [1.807, 2.05) is 30.3 Å². The maximum atomic E-state index is 12.1. The van der Waals surface area contributed by atoms with Gasteiger partial charge in [-0.1, -0.05) is 18.2 Å². The molecule has 1 N–H and O–H groups in total.